The van der Waals surface area contributed by atoms with E-state index in [4.69, 9.17) is 5.26 Å². The van der Waals surface area contributed by atoms with Gasteiger partial charge in [-0.15, -0.1) is 0 Å². The van der Waals surface area contributed by atoms with Crippen molar-refractivity contribution in [3.63, 3.8) is 0 Å². The number of nitriles is 1. The van der Waals surface area contributed by atoms with Crippen molar-refractivity contribution in [3.05, 3.63) is 48.1 Å². The van der Waals surface area contributed by atoms with E-state index in [1.165, 1.54) is 5.57 Å². The summed E-state index contributed by atoms with van der Waals surface area (Å²) in [5.74, 6) is 0.938. The molecule has 1 saturated carbocycles. The van der Waals surface area contributed by atoms with Crippen molar-refractivity contribution in [1.82, 2.24) is 10.2 Å². The van der Waals surface area contributed by atoms with Gasteiger partial charge in [0.2, 0.25) is 5.91 Å². The molecule has 3 aliphatic rings. The lowest BCUT2D eigenvalue weighted by molar-refractivity contribution is -0.126. The molecule has 0 unspecified atom stereocenters. The van der Waals surface area contributed by atoms with Crippen molar-refractivity contribution in [2.24, 2.45) is 11.8 Å². The third-order valence-electron chi connectivity index (χ3n) is 5.75. The molecule has 3 rings (SSSR count). The van der Waals surface area contributed by atoms with E-state index in [1.807, 2.05) is 6.08 Å². The fourth-order valence-corrected chi connectivity index (χ4v) is 4.25. The molecule has 0 aromatic rings. The second kappa shape index (κ2) is 9.43. The molecule has 4 nitrogen and oxygen atoms in total. The molecule has 0 aromatic heterocycles. The number of nitrogens with one attached hydrogen (secondary N) is 1. The van der Waals surface area contributed by atoms with Crippen LogP contribution in [0, 0.1) is 23.3 Å². The lowest BCUT2D eigenvalue weighted by atomic mass is 9.81. The van der Waals surface area contributed by atoms with Gasteiger partial charge in [0.25, 0.3) is 0 Å². The first-order valence-electron chi connectivity index (χ1n) is 9.93. The Bertz CT molecular complexity index is 643. The summed E-state index contributed by atoms with van der Waals surface area (Å²) in [4.78, 5) is 14.4. The molecule has 0 bridgehead atoms. The van der Waals surface area contributed by atoms with E-state index in [0.29, 0.717) is 12.5 Å². The predicted octanol–water partition coefficient (Wildman–Crippen LogP) is 3.85. The molecule has 1 heterocycles. The highest BCUT2D eigenvalue weighted by molar-refractivity contribution is 5.79. The fourth-order valence-electron chi connectivity index (χ4n) is 4.25. The SMILES string of the molecule is N#CN1CC[C@@H](NC(=O)C2CCCC(C3=C/C=C\C=C/C=C3)CCC2)C1. The molecule has 1 atom stereocenters. The van der Waals surface area contributed by atoms with Crippen LogP contribution < -0.4 is 5.32 Å². The molecule has 1 aliphatic heterocycles. The lowest BCUT2D eigenvalue weighted by Crippen LogP contribution is -2.40. The Morgan fingerprint density at radius 1 is 1.04 bits per heavy atom. The standard InChI is InChI=1S/C22H29N3O/c23-17-25-15-14-21(16-25)24-22(26)20-12-6-10-19(11-7-13-20)18-8-4-2-1-3-5-9-18/h1-5,8-9,19-21H,6-7,10-16H2,(H,24,26)/b2-1-,3-1?,4-2?,5-3-,8-4?,9-5?,18-8?,18-9?/t19?,20?,21-/m1/s1. The zero-order chi connectivity index (χ0) is 18.2. The average molecular weight is 351 g/mol. The van der Waals surface area contributed by atoms with Crippen LogP contribution in [0.15, 0.2) is 48.1 Å². The Hall–Kier alpha value is -2.28. The molecule has 4 heteroatoms. The number of nitrogens with zero attached hydrogens (tertiary/aromatic N) is 2. The summed E-state index contributed by atoms with van der Waals surface area (Å²) in [7, 11) is 0. The van der Waals surface area contributed by atoms with E-state index in [-0.39, 0.29) is 17.9 Å². The molecule has 0 spiro atoms. The van der Waals surface area contributed by atoms with Crippen molar-refractivity contribution in [2.45, 2.75) is 51.0 Å². The second-order valence-corrected chi connectivity index (χ2v) is 7.59. The Morgan fingerprint density at radius 2 is 1.77 bits per heavy atom. The van der Waals surface area contributed by atoms with Crippen LogP contribution in [-0.4, -0.2) is 29.9 Å². The van der Waals surface area contributed by atoms with Gasteiger partial charge in [-0.25, -0.2) is 0 Å². The van der Waals surface area contributed by atoms with Gasteiger partial charge in [0.15, 0.2) is 6.19 Å². The predicted molar refractivity (Wildman–Crippen MR) is 104 cm³/mol. The normalized spacial score (nSPS) is 31.6. The Labute approximate surface area is 156 Å². The fraction of sp³-hybridized carbons (Fsp3) is 0.545. The number of rotatable bonds is 3. The number of likely N-dealkylation sites (tertiary alicyclic amines) is 1. The van der Waals surface area contributed by atoms with Crippen molar-refractivity contribution >= 4 is 5.91 Å². The summed E-state index contributed by atoms with van der Waals surface area (Å²) in [5, 5.41) is 12.1. The van der Waals surface area contributed by atoms with Gasteiger partial charge in [-0.3, -0.25) is 4.79 Å². The van der Waals surface area contributed by atoms with Crippen LogP contribution in [0.5, 0.6) is 0 Å². The zero-order valence-corrected chi connectivity index (χ0v) is 15.4. The highest BCUT2D eigenvalue weighted by Crippen LogP contribution is 2.31. The van der Waals surface area contributed by atoms with Crippen molar-refractivity contribution in [2.75, 3.05) is 13.1 Å². The third-order valence-corrected chi connectivity index (χ3v) is 5.75. The number of carbonyl (C=O) groups excluding carboxylic acids is 1. The minimum Gasteiger partial charge on any atom is -0.351 e. The Balaban J connectivity index is 1.49. The first kappa shape index (κ1) is 18.5. The largest absolute Gasteiger partial charge is 0.351 e. The highest BCUT2D eigenvalue weighted by Gasteiger charge is 2.27. The Kier molecular flexibility index (Phi) is 6.71. The maximum Gasteiger partial charge on any atom is 0.223 e. The minimum absolute atomic E-state index is 0.136. The van der Waals surface area contributed by atoms with Crippen LogP contribution in [0.4, 0.5) is 0 Å². The van der Waals surface area contributed by atoms with E-state index in [0.717, 1.165) is 51.5 Å². The van der Waals surface area contributed by atoms with Crippen LogP contribution in [0.2, 0.25) is 0 Å². The molecule has 0 radical (unpaired) electrons. The maximum atomic E-state index is 12.6. The van der Waals surface area contributed by atoms with Crippen LogP contribution in [0.1, 0.15) is 44.9 Å². The molecule has 0 aromatic carbocycles. The van der Waals surface area contributed by atoms with Crippen LogP contribution in [0.25, 0.3) is 0 Å². The summed E-state index contributed by atoms with van der Waals surface area (Å²) in [6.07, 6.45) is 24.4. The summed E-state index contributed by atoms with van der Waals surface area (Å²) >= 11 is 0. The van der Waals surface area contributed by atoms with Gasteiger partial charge in [0.1, 0.15) is 0 Å². The highest BCUT2D eigenvalue weighted by atomic mass is 16.1. The van der Waals surface area contributed by atoms with Gasteiger partial charge in [-0.05, 0) is 43.6 Å². The number of allylic oxidation sites excluding steroid dienone is 8. The van der Waals surface area contributed by atoms with E-state index in [1.54, 1.807) is 4.90 Å². The first-order chi connectivity index (χ1) is 12.8. The molecule has 138 valence electrons. The Morgan fingerprint density at radius 3 is 2.50 bits per heavy atom. The van der Waals surface area contributed by atoms with Gasteiger partial charge in [0, 0.05) is 25.0 Å². The van der Waals surface area contributed by atoms with E-state index < -0.39 is 0 Å². The molecule has 2 fully saturated rings. The molecule has 1 N–H and O–H groups in total. The summed E-state index contributed by atoms with van der Waals surface area (Å²) in [6, 6.07) is 0.144. The quantitative estimate of drug-likeness (QED) is 0.786. The number of amides is 1. The van der Waals surface area contributed by atoms with Crippen molar-refractivity contribution in [3.8, 4) is 6.19 Å². The number of hydrogen-bond acceptors (Lipinski definition) is 3. The average Bonchev–Trinajstić information content (AvgIpc) is 3.03. The molecular weight excluding hydrogens is 322 g/mol. The van der Waals surface area contributed by atoms with Gasteiger partial charge in [-0.2, -0.15) is 5.26 Å². The molecule has 1 saturated heterocycles. The number of carbonyl (C=O) groups is 1. The van der Waals surface area contributed by atoms with Crippen LogP contribution in [-0.2, 0) is 4.79 Å². The molecule has 1 amide bonds. The van der Waals surface area contributed by atoms with Gasteiger partial charge in [-0.1, -0.05) is 55.4 Å². The molecule has 2 aliphatic carbocycles. The first-order valence-corrected chi connectivity index (χ1v) is 9.93. The van der Waals surface area contributed by atoms with Crippen LogP contribution >= 0.6 is 0 Å². The van der Waals surface area contributed by atoms with Gasteiger partial charge in [0.05, 0.1) is 0 Å². The van der Waals surface area contributed by atoms with Crippen molar-refractivity contribution in [1.29, 1.82) is 5.26 Å². The molecular formula is C22H29N3O. The van der Waals surface area contributed by atoms with E-state index in [9.17, 15) is 4.79 Å². The third kappa shape index (κ3) is 5.11. The maximum absolute atomic E-state index is 12.6. The van der Waals surface area contributed by atoms with Crippen molar-refractivity contribution < 1.29 is 4.79 Å². The van der Waals surface area contributed by atoms with Crippen LogP contribution in [0.3, 0.4) is 0 Å². The monoisotopic (exact) mass is 351 g/mol. The van der Waals surface area contributed by atoms with Gasteiger partial charge >= 0.3 is 0 Å². The smallest absolute Gasteiger partial charge is 0.223 e. The topological polar surface area (TPSA) is 56.1 Å². The number of hydrogen-bond donors (Lipinski definition) is 1. The summed E-state index contributed by atoms with van der Waals surface area (Å²) in [6.45, 7) is 1.43. The van der Waals surface area contributed by atoms with Gasteiger partial charge < -0.3 is 10.2 Å². The molecule has 26 heavy (non-hydrogen) atoms. The summed E-state index contributed by atoms with van der Waals surface area (Å²) in [5.41, 5.74) is 1.41. The van der Waals surface area contributed by atoms with E-state index >= 15 is 0 Å². The lowest BCUT2D eigenvalue weighted by Gasteiger charge is -2.26. The summed E-state index contributed by atoms with van der Waals surface area (Å²) < 4.78 is 0. The zero-order valence-electron chi connectivity index (χ0n) is 15.4. The minimum atomic E-state index is 0.136. The van der Waals surface area contributed by atoms with E-state index in [2.05, 4.69) is 48.0 Å². The second-order valence-electron chi connectivity index (χ2n) is 7.59.